The number of hydrogen-bond donors (Lipinski definition) is 3. The summed E-state index contributed by atoms with van der Waals surface area (Å²) in [6.45, 7) is 3.76. The molecule has 0 heterocycles. The minimum atomic E-state index is -1.34. The third kappa shape index (κ3) is 5.99. The standard InChI is InChI=1S/C21H24F2N2O4/c1-12(2)10-17(21(28)29-3)24-19(14-9-8-13(22)11-15(14)23)20(27)25-16-6-4-5-7-18(16)26/h4-9,11-12,17,19,24,26H,10H2,1-3H3,(H,25,27)/t17-,19-/m1/s1. The summed E-state index contributed by atoms with van der Waals surface area (Å²) in [7, 11) is 1.22. The summed E-state index contributed by atoms with van der Waals surface area (Å²) in [6, 6.07) is 6.62. The first-order chi connectivity index (χ1) is 13.7. The molecular weight excluding hydrogens is 382 g/mol. The van der Waals surface area contributed by atoms with E-state index < -0.39 is 35.6 Å². The van der Waals surface area contributed by atoms with Crippen LogP contribution in [0, 0.1) is 17.6 Å². The van der Waals surface area contributed by atoms with Gasteiger partial charge in [-0.05, 0) is 30.5 Å². The molecule has 29 heavy (non-hydrogen) atoms. The molecule has 2 aromatic rings. The average molecular weight is 406 g/mol. The number of halogens is 2. The molecular formula is C21H24F2N2O4. The number of carbonyl (C=O) groups excluding carboxylic acids is 2. The van der Waals surface area contributed by atoms with Gasteiger partial charge in [-0.15, -0.1) is 0 Å². The predicted molar refractivity (Wildman–Crippen MR) is 104 cm³/mol. The van der Waals surface area contributed by atoms with Crippen molar-refractivity contribution in [3.63, 3.8) is 0 Å². The highest BCUT2D eigenvalue weighted by molar-refractivity contribution is 5.97. The summed E-state index contributed by atoms with van der Waals surface area (Å²) in [5, 5.41) is 15.2. The highest BCUT2D eigenvalue weighted by atomic mass is 19.1. The van der Waals surface area contributed by atoms with Crippen LogP contribution in [0.2, 0.25) is 0 Å². The maximum Gasteiger partial charge on any atom is 0.322 e. The minimum Gasteiger partial charge on any atom is -0.506 e. The molecule has 3 N–H and O–H groups in total. The van der Waals surface area contributed by atoms with Crippen LogP contribution in [-0.4, -0.2) is 30.1 Å². The molecule has 156 valence electrons. The smallest absolute Gasteiger partial charge is 0.322 e. The first kappa shape index (κ1) is 22.3. The highest BCUT2D eigenvalue weighted by Crippen LogP contribution is 2.26. The maximum absolute atomic E-state index is 14.4. The van der Waals surface area contributed by atoms with Crippen molar-refractivity contribution < 1.29 is 28.2 Å². The number of esters is 1. The van der Waals surface area contributed by atoms with Crippen LogP contribution < -0.4 is 10.6 Å². The zero-order valence-electron chi connectivity index (χ0n) is 16.4. The normalized spacial score (nSPS) is 13.0. The van der Waals surface area contributed by atoms with Gasteiger partial charge in [0.2, 0.25) is 5.91 Å². The Morgan fingerprint density at radius 1 is 1.14 bits per heavy atom. The summed E-state index contributed by atoms with van der Waals surface area (Å²) in [5.41, 5.74) is -0.0257. The van der Waals surface area contributed by atoms with Crippen LogP contribution in [-0.2, 0) is 14.3 Å². The molecule has 2 rings (SSSR count). The van der Waals surface area contributed by atoms with E-state index in [1.807, 2.05) is 13.8 Å². The number of ether oxygens (including phenoxy) is 1. The predicted octanol–water partition coefficient (Wildman–Crippen LogP) is 3.53. The number of amides is 1. The van der Waals surface area contributed by atoms with Gasteiger partial charge in [0, 0.05) is 11.6 Å². The number of anilines is 1. The Balaban J connectivity index is 2.40. The van der Waals surface area contributed by atoms with E-state index in [1.54, 1.807) is 12.1 Å². The Labute approximate surface area is 167 Å². The van der Waals surface area contributed by atoms with Gasteiger partial charge in [0.05, 0.1) is 12.8 Å². The molecule has 8 heteroatoms. The summed E-state index contributed by atoms with van der Waals surface area (Å²) in [4.78, 5) is 25.1. The van der Waals surface area contributed by atoms with Crippen molar-refractivity contribution >= 4 is 17.6 Å². The second-order valence-corrected chi connectivity index (χ2v) is 6.98. The van der Waals surface area contributed by atoms with Gasteiger partial charge in [-0.1, -0.05) is 32.0 Å². The van der Waals surface area contributed by atoms with E-state index in [2.05, 4.69) is 10.6 Å². The molecule has 0 fully saturated rings. The molecule has 2 atom stereocenters. The third-order valence-electron chi connectivity index (χ3n) is 4.26. The molecule has 0 bridgehead atoms. The second kappa shape index (κ2) is 9.97. The minimum absolute atomic E-state index is 0.0755. The zero-order chi connectivity index (χ0) is 21.6. The summed E-state index contributed by atoms with van der Waals surface area (Å²) in [5.74, 6) is -3.17. The molecule has 0 aromatic heterocycles. The number of methoxy groups -OCH3 is 1. The molecule has 0 aliphatic rings. The third-order valence-corrected chi connectivity index (χ3v) is 4.26. The van der Waals surface area contributed by atoms with E-state index >= 15 is 0 Å². The molecule has 0 aliphatic carbocycles. The van der Waals surface area contributed by atoms with Crippen molar-refractivity contribution in [1.29, 1.82) is 0 Å². The van der Waals surface area contributed by atoms with E-state index in [0.717, 1.165) is 12.1 Å². The molecule has 0 saturated carbocycles. The number of carbonyl (C=O) groups is 2. The van der Waals surface area contributed by atoms with Crippen molar-refractivity contribution in [3.05, 3.63) is 59.7 Å². The monoisotopic (exact) mass is 406 g/mol. The SMILES string of the molecule is COC(=O)[C@@H](CC(C)C)N[C@@H](C(=O)Nc1ccccc1O)c1ccc(F)cc1F. The molecule has 1 amide bonds. The van der Waals surface area contributed by atoms with Crippen LogP contribution >= 0.6 is 0 Å². The van der Waals surface area contributed by atoms with Gasteiger partial charge in [-0.2, -0.15) is 0 Å². The molecule has 0 unspecified atom stereocenters. The Bertz CT molecular complexity index is 874. The number of hydrogen-bond acceptors (Lipinski definition) is 5. The number of phenols is 1. The van der Waals surface area contributed by atoms with Crippen molar-refractivity contribution in [2.24, 2.45) is 5.92 Å². The van der Waals surface area contributed by atoms with E-state index in [9.17, 15) is 23.5 Å². The van der Waals surface area contributed by atoms with Gasteiger partial charge < -0.3 is 15.2 Å². The van der Waals surface area contributed by atoms with Crippen molar-refractivity contribution in [1.82, 2.24) is 5.32 Å². The quantitative estimate of drug-likeness (QED) is 0.461. The lowest BCUT2D eigenvalue weighted by Crippen LogP contribution is -2.45. The van der Waals surface area contributed by atoms with Crippen molar-refractivity contribution in [2.45, 2.75) is 32.4 Å². The van der Waals surface area contributed by atoms with Crippen molar-refractivity contribution in [3.8, 4) is 5.75 Å². The molecule has 0 saturated heterocycles. The van der Waals surface area contributed by atoms with Gasteiger partial charge in [0.15, 0.2) is 0 Å². The van der Waals surface area contributed by atoms with E-state index in [1.165, 1.54) is 19.2 Å². The van der Waals surface area contributed by atoms with Crippen LogP contribution in [0.1, 0.15) is 31.9 Å². The topological polar surface area (TPSA) is 87.7 Å². The largest absolute Gasteiger partial charge is 0.506 e. The number of aromatic hydroxyl groups is 1. The lowest BCUT2D eigenvalue weighted by atomic mass is 9.99. The van der Waals surface area contributed by atoms with Crippen LogP contribution in [0.3, 0.4) is 0 Å². The van der Waals surface area contributed by atoms with Gasteiger partial charge in [0.25, 0.3) is 0 Å². The number of phenolic OH excluding ortho intramolecular Hbond substituents is 1. The fourth-order valence-electron chi connectivity index (χ4n) is 2.87. The number of rotatable bonds is 8. The van der Waals surface area contributed by atoms with Crippen LogP contribution in [0.4, 0.5) is 14.5 Å². The zero-order valence-corrected chi connectivity index (χ0v) is 16.4. The lowest BCUT2D eigenvalue weighted by molar-refractivity contribution is -0.144. The lowest BCUT2D eigenvalue weighted by Gasteiger charge is -2.25. The van der Waals surface area contributed by atoms with Gasteiger partial charge >= 0.3 is 5.97 Å². The Hall–Kier alpha value is -3.00. The maximum atomic E-state index is 14.4. The Morgan fingerprint density at radius 3 is 2.41 bits per heavy atom. The van der Waals surface area contributed by atoms with E-state index in [4.69, 9.17) is 4.74 Å². The summed E-state index contributed by atoms with van der Waals surface area (Å²) >= 11 is 0. The molecule has 0 spiro atoms. The van der Waals surface area contributed by atoms with Crippen LogP contribution in [0.15, 0.2) is 42.5 Å². The van der Waals surface area contributed by atoms with E-state index in [-0.39, 0.29) is 22.9 Å². The molecule has 2 aromatic carbocycles. The highest BCUT2D eigenvalue weighted by Gasteiger charge is 2.31. The van der Waals surface area contributed by atoms with Crippen LogP contribution in [0.5, 0.6) is 5.75 Å². The van der Waals surface area contributed by atoms with E-state index in [0.29, 0.717) is 12.5 Å². The summed E-state index contributed by atoms with van der Waals surface area (Å²) in [6.07, 6.45) is 0.329. The molecule has 0 radical (unpaired) electrons. The second-order valence-electron chi connectivity index (χ2n) is 6.98. The van der Waals surface area contributed by atoms with Crippen molar-refractivity contribution in [2.75, 3.05) is 12.4 Å². The van der Waals surface area contributed by atoms with Gasteiger partial charge in [-0.3, -0.25) is 14.9 Å². The average Bonchev–Trinajstić information content (AvgIpc) is 2.66. The number of nitrogens with one attached hydrogen (secondary N) is 2. The first-order valence-electron chi connectivity index (χ1n) is 9.10. The fourth-order valence-corrected chi connectivity index (χ4v) is 2.87. The summed E-state index contributed by atoms with van der Waals surface area (Å²) < 4.78 is 32.6. The fraction of sp³-hybridized carbons (Fsp3) is 0.333. The number of benzene rings is 2. The van der Waals surface area contributed by atoms with Gasteiger partial charge in [-0.25, -0.2) is 8.78 Å². The Morgan fingerprint density at radius 2 is 1.83 bits per heavy atom. The Kier molecular flexibility index (Phi) is 7.67. The first-order valence-corrected chi connectivity index (χ1v) is 9.10. The molecule has 6 nitrogen and oxygen atoms in total. The number of para-hydroxylation sites is 2. The van der Waals surface area contributed by atoms with Crippen LogP contribution in [0.25, 0.3) is 0 Å². The van der Waals surface area contributed by atoms with Gasteiger partial charge in [0.1, 0.15) is 29.5 Å². The molecule has 0 aliphatic heterocycles.